The fourth-order valence-corrected chi connectivity index (χ4v) is 1.19. The lowest BCUT2D eigenvalue weighted by Crippen LogP contribution is -2.04. The zero-order valence-electron chi connectivity index (χ0n) is 7.09. The maximum Gasteiger partial charge on any atom is 0.233 e. The topological polar surface area (TPSA) is 47.8 Å². The summed E-state index contributed by atoms with van der Waals surface area (Å²) in [4.78, 5) is 19.0. The normalized spacial score (nSPS) is 10.1. The summed E-state index contributed by atoms with van der Waals surface area (Å²) in [7, 11) is 0. The van der Waals surface area contributed by atoms with Gasteiger partial charge in [0, 0.05) is 36.9 Å². The molecule has 2 aromatic rings. The van der Waals surface area contributed by atoms with Gasteiger partial charge in [0.1, 0.15) is 0 Å². The van der Waals surface area contributed by atoms with Crippen LogP contribution in [0.5, 0.6) is 0 Å². The summed E-state index contributed by atoms with van der Waals surface area (Å²) >= 11 is 3.25. The highest BCUT2D eigenvalue weighted by Crippen LogP contribution is 2.06. The molecule has 2 rings (SSSR count). The number of pyridine rings is 1. The zero-order valence-corrected chi connectivity index (χ0v) is 8.68. The second-order valence-electron chi connectivity index (χ2n) is 2.64. The van der Waals surface area contributed by atoms with Gasteiger partial charge < -0.3 is 0 Å². The van der Waals surface area contributed by atoms with E-state index in [2.05, 4.69) is 25.9 Å². The van der Waals surface area contributed by atoms with Gasteiger partial charge in [0.05, 0.1) is 4.47 Å². The van der Waals surface area contributed by atoms with E-state index in [-0.39, 0.29) is 5.43 Å². The second-order valence-corrected chi connectivity index (χ2v) is 3.56. The highest BCUT2D eigenvalue weighted by molar-refractivity contribution is 9.10. The standard InChI is InChI=1S/C9H6BrN3O/c10-7-5-11-9(12-6-7)13-3-1-8(14)2-4-13/h1-6H. The Morgan fingerprint density at radius 1 is 1.14 bits per heavy atom. The Kier molecular flexibility index (Phi) is 2.41. The molecular weight excluding hydrogens is 246 g/mol. The number of hydrogen-bond acceptors (Lipinski definition) is 3. The third-order valence-electron chi connectivity index (χ3n) is 1.64. The van der Waals surface area contributed by atoms with E-state index >= 15 is 0 Å². The number of rotatable bonds is 1. The van der Waals surface area contributed by atoms with Gasteiger partial charge in [0.25, 0.3) is 0 Å². The Hall–Kier alpha value is -1.49. The first-order valence-corrected chi connectivity index (χ1v) is 4.71. The molecule has 0 spiro atoms. The highest BCUT2D eigenvalue weighted by atomic mass is 79.9. The largest absolute Gasteiger partial charge is 0.293 e. The Morgan fingerprint density at radius 2 is 1.71 bits per heavy atom. The minimum Gasteiger partial charge on any atom is -0.293 e. The number of halogens is 1. The quantitative estimate of drug-likeness (QED) is 0.770. The van der Waals surface area contributed by atoms with Crippen LogP contribution in [-0.4, -0.2) is 14.5 Å². The fraction of sp³-hybridized carbons (Fsp3) is 0. The second kappa shape index (κ2) is 3.71. The van der Waals surface area contributed by atoms with Crippen molar-refractivity contribution < 1.29 is 0 Å². The monoisotopic (exact) mass is 251 g/mol. The lowest BCUT2D eigenvalue weighted by molar-refractivity contribution is 0.912. The first kappa shape index (κ1) is 9.08. The molecule has 4 nitrogen and oxygen atoms in total. The summed E-state index contributed by atoms with van der Waals surface area (Å²) in [6.45, 7) is 0. The van der Waals surface area contributed by atoms with E-state index in [0.29, 0.717) is 5.95 Å². The molecule has 0 saturated carbocycles. The van der Waals surface area contributed by atoms with Crippen molar-refractivity contribution in [2.45, 2.75) is 0 Å². The summed E-state index contributed by atoms with van der Waals surface area (Å²) in [6.07, 6.45) is 6.57. The average molecular weight is 252 g/mol. The van der Waals surface area contributed by atoms with Crippen molar-refractivity contribution in [3.63, 3.8) is 0 Å². The van der Waals surface area contributed by atoms with Crippen molar-refractivity contribution >= 4 is 15.9 Å². The van der Waals surface area contributed by atoms with Crippen LogP contribution in [-0.2, 0) is 0 Å². The molecule has 0 unspecified atom stereocenters. The first-order chi connectivity index (χ1) is 6.75. The Balaban J connectivity index is 2.44. The summed E-state index contributed by atoms with van der Waals surface area (Å²) in [6, 6.07) is 2.93. The molecule has 0 atom stereocenters. The van der Waals surface area contributed by atoms with Crippen LogP contribution < -0.4 is 5.43 Å². The predicted octanol–water partition coefficient (Wildman–Crippen LogP) is 1.39. The maximum atomic E-state index is 10.8. The van der Waals surface area contributed by atoms with E-state index < -0.39 is 0 Å². The van der Waals surface area contributed by atoms with Gasteiger partial charge >= 0.3 is 0 Å². The van der Waals surface area contributed by atoms with Crippen LogP contribution in [0.1, 0.15) is 0 Å². The molecule has 70 valence electrons. The van der Waals surface area contributed by atoms with Gasteiger partial charge in [0.2, 0.25) is 5.95 Å². The number of aromatic nitrogens is 3. The van der Waals surface area contributed by atoms with E-state index in [0.717, 1.165) is 4.47 Å². The molecule has 0 N–H and O–H groups in total. The van der Waals surface area contributed by atoms with Crippen molar-refractivity contribution in [3.05, 3.63) is 51.6 Å². The van der Waals surface area contributed by atoms with Crippen LogP contribution >= 0.6 is 15.9 Å². The van der Waals surface area contributed by atoms with E-state index in [1.54, 1.807) is 29.4 Å². The van der Waals surface area contributed by atoms with Gasteiger partial charge in [-0.1, -0.05) is 0 Å². The molecule has 0 aliphatic carbocycles. The van der Waals surface area contributed by atoms with Gasteiger partial charge in [-0.2, -0.15) is 0 Å². The molecule has 0 fully saturated rings. The summed E-state index contributed by atoms with van der Waals surface area (Å²) < 4.78 is 2.50. The SMILES string of the molecule is O=c1ccn(-c2ncc(Br)cn2)cc1. The molecule has 2 heterocycles. The molecule has 0 amide bonds. The van der Waals surface area contributed by atoms with E-state index in [4.69, 9.17) is 0 Å². The molecule has 0 aliphatic rings. The summed E-state index contributed by atoms with van der Waals surface area (Å²) in [5.74, 6) is 0.535. The molecule has 14 heavy (non-hydrogen) atoms. The van der Waals surface area contributed by atoms with Crippen molar-refractivity contribution in [1.29, 1.82) is 0 Å². The maximum absolute atomic E-state index is 10.8. The molecule has 5 heteroatoms. The zero-order chi connectivity index (χ0) is 9.97. The summed E-state index contributed by atoms with van der Waals surface area (Å²) in [5, 5.41) is 0. The Labute approximate surface area is 88.4 Å². The van der Waals surface area contributed by atoms with Crippen molar-refractivity contribution in [1.82, 2.24) is 14.5 Å². The van der Waals surface area contributed by atoms with Gasteiger partial charge in [-0.3, -0.25) is 9.36 Å². The summed E-state index contributed by atoms with van der Waals surface area (Å²) in [5.41, 5.74) is -0.0293. The third-order valence-corrected chi connectivity index (χ3v) is 2.05. The van der Waals surface area contributed by atoms with Gasteiger partial charge in [-0.15, -0.1) is 0 Å². The number of nitrogens with zero attached hydrogens (tertiary/aromatic N) is 3. The predicted molar refractivity (Wildman–Crippen MR) is 55.3 cm³/mol. The van der Waals surface area contributed by atoms with Crippen LogP contribution in [0.4, 0.5) is 0 Å². The van der Waals surface area contributed by atoms with Crippen LogP contribution in [0.3, 0.4) is 0 Å². The van der Waals surface area contributed by atoms with Gasteiger partial charge in [-0.25, -0.2) is 9.97 Å². The lowest BCUT2D eigenvalue weighted by Gasteiger charge is -2.01. The van der Waals surface area contributed by atoms with E-state index in [1.807, 2.05) is 0 Å². The van der Waals surface area contributed by atoms with Crippen molar-refractivity contribution in [2.75, 3.05) is 0 Å². The first-order valence-electron chi connectivity index (χ1n) is 3.92. The van der Waals surface area contributed by atoms with Crippen LogP contribution in [0.25, 0.3) is 5.95 Å². The molecule has 2 aromatic heterocycles. The molecule has 0 aliphatic heterocycles. The smallest absolute Gasteiger partial charge is 0.233 e. The molecule has 0 radical (unpaired) electrons. The van der Waals surface area contributed by atoms with E-state index in [9.17, 15) is 4.79 Å². The van der Waals surface area contributed by atoms with Crippen LogP contribution in [0, 0.1) is 0 Å². The molecule has 0 bridgehead atoms. The Morgan fingerprint density at radius 3 is 2.29 bits per heavy atom. The average Bonchev–Trinajstić information content (AvgIpc) is 2.21. The van der Waals surface area contributed by atoms with Crippen molar-refractivity contribution in [2.24, 2.45) is 0 Å². The number of hydrogen-bond donors (Lipinski definition) is 0. The van der Waals surface area contributed by atoms with Crippen molar-refractivity contribution in [3.8, 4) is 5.95 Å². The molecular formula is C9H6BrN3O. The molecule has 0 saturated heterocycles. The van der Waals surface area contributed by atoms with Crippen LogP contribution in [0.2, 0.25) is 0 Å². The lowest BCUT2D eigenvalue weighted by atomic mass is 10.5. The third kappa shape index (κ3) is 1.88. The van der Waals surface area contributed by atoms with Gasteiger partial charge in [-0.05, 0) is 15.9 Å². The minimum atomic E-state index is -0.0293. The highest BCUT2D eigenvalue weighted by Gasteiger charge is 1.96. The minimum absolute atomic E-state index is 0.0293. The fourth-order valence-electron chi connectivity index (χ4n) is 0.985. The molecule has 0 aromatic carbocycles. The Bertz CT molecular complexity index is 472. The van der Waals surface area contributed by atoms with Gasteiger partial charge in [0.15, 0.2) is 5.43 Å². The van der Waals surface area contributed by atoms with Crippen LogP contribution in [0.15, 0.2) is 46.2 Å². The van der Waals surface area contributed by atoms with E-state index in [1.165, 1.54) is 12.1 Å².